The number of nitrogens with zero attached hydrogens (tertiary/aromatic N) is 1. The molecular weight excluding hydrogens is 625 g/mol. The molecule has 1 heterocycles. The number of fused-ring (bicyclic) bond motifs is 2. The van der Waals surface area contributed by atoms with Gasteiger partial charge in [0.25, 0.3) is 0 Å². The first-order valence-corrected chi connectivity index (χ1v) is 13.9. The molecule has 0 unspecified atom stereocenters. The van der Waals surface area contributed by atoms with Crippen molar-refractivity contribution in [3.8, 4) is 5.75 Å². The van der Waals surface area contributed by atoms with Gasteiger partial charge in [-0.1, -0.05) is 48.9 Å². The van der Waals surface area contributed by atoms with Crippen molar-refractivity contribution in [2.45, 2.75) is 56.2 Å². The van der Waals surface area contributed by atoms with Crippen molar-refractivity contribution in [3.63, 3.8) is 0 Å². The molecule has 0 aliphatic heterocycles. The number of ether oxygens (including phenoxy) is 1. The van der Waals surface area contributed by atoms with E-state index in [9.17, 15) is 22.4 Å². The number of hydrogen-bond donors (Lipinski definition) is 2. The number of alkyl halides is 4. The van der Waals surface area contributed by atoms with Crippen molar-refractivity contribution in [2.75, 3.05) is 0 Å². The molecule has 2 aliphatic rings. The largest absolute Gasteiger partial charge is 0.461 e. The summed E-state index contributed by atoms with van der Waals surface area (Å²) in [5.41, 5.74) is 0.355. The van der Waals surface area contributed by atoms with E-state index in [2.05, 4.69) is 42.9 Å². The molecule has 2 fully saturated rings. The van der Waals surface area contributed by atoms with Crippen LogP contribution in [0, 0.1) is 15.4 Å². The minimum Gasteiger partial charge on any atom is -0.428 e. The number of amides is 2. The summed E-state index contributed by atoms with van der Waals surface area (Å²) in [7, 11) is 0. The number of nitrogens with one attached hydrogen (secondary N) is 2. The number of pyridine rings is 1. The topological polar surface area (TPSA) is 63.2 Å². The maximum Gasteiger partial charge on any atom is 0.461 e. The fraction of sp³-hybridized carbons (Fsp3) is 0.379. The zero-order valence-corrected chi connectivity index (χ0v) is 23.1. The van der Waals surface area contributed by atoms with E-state index in [-0.39, 0.29) is 12.5 Å². The van der Waals surface area contributed by atoms with Gasteiger partial charge in [0.05, 0.1) is 5.69 Å². The normalized spacial score (nSPS) is 21.9. The van der Waals surface area contributed by atoms with Crippen LogP contribution < -0.4 is 15.4 Å². The van der Waals surface area contributed by atoms with E-state index in [0.717, 1.165) is 28.4 Å². The fourth-order valence-corrected chi connectivity index (χ4v) is 6.22. The first-order chi connectivity index (χ1) is 18.6. The summed E-state index contributed by atoms with van der Waals surface area (Å²) in [6.07, 6.45) is -2.50. The second-order valence-corrected chi connectivity index (χ2v) is 11.5. The van der Waals surface area contributed by atoms with Crippen LogP contribution in [0.15, 0.2) is 72.9 Å². The number of halogens is 5. The Kier molecular flexibility index (Phi) is 8.02. The van der Waals surface area contributed by atoms with Gasteiger partial charge in [-0.2, -0.15) is 17.6 Å². The fourth-order valence-electron chi connectivity index (χ4n) is 5.90. The molecule has 1 aromatic heterocycles. The molecule has 2 bridgehead atoms. The van der Waals surface area contributed by atoms with Gasteiger partial charge in [-0.25, -0.2) is 4.79 Å². The summed E-state index contributed by atoms with van der Waals surface area (Å²) < 4.78 is 58.7. The molecule has 2 amide bonds. The minimum atomic E-state index is -4.67. The van der Waals surface area contributed by atoms with Crippen molar-refractivity contribution in [1.29, 1.82) is 0 Å². The van der Waals surface area contributed by atoms with Gasteiger partial charge in [-0.05, 0) is 89.1 Å². The smallest absolute Gasteiger partial charge is 0.428 e. The van der Waals surface area contributed by atoms with E-state index in [1.807, 2.05) is 36.4 Å². The van der Waals surface area contributed by atoms with Gasteiger partial charge >= 0.3 is 18.6 Å². The molecule has 10 heteroatoms. The van der Waals surface area contributed by atoms with Gasteiger partial charge in [-0.3, -0.25) is 4.98 Å². The highest BCUT2D eigenvalue weighted by Crippen LogP contribution is 2.44. The predicted molar refractivity (Wildman–Crippen MR) is 147 cm³/mol. The zero-order chi connectivity index (χ0) is 27.6. The van der Waals surface area contributed by atoms with E-state index in [1.54, 1.807) is 18.3 Å². The molecule has 5 nitrogen and oxygen atoms in total. The van der Waals surface area contributed by atoms with Crippen molar-refractivity contribution >= 4 is 28.6 Å². The van der Waals surface area contributed by atoms with Crippen molar-refractivity contribution in [3.05, 3.63) is 93.3 Å². The third kappa shape index (κ3) is 6.15. The Morgan fingerprint density at radius 3 is 2.49 bits per heavy atom. The molecular formula is C29H28F4IN3O2. The maximum atomic E-state index is 13.8. The van der Waals surface area contributed by atoms with Gasteiger partial charge in [0.1, 0.15) is 11.3 Å². The number of hydrogen-bond acceptors (Lipinski definition) is 3. The standard InChI is InChI=1S/C29H28F4IN3O2/c30-26(31)29(32,33)39-23-8-4-7-21(15-23)28(16-18-5-2-1-3-6-18,25-12-11-22(34)17-35-25)37-27(38)36-24-14-19-9-10-20(24)13-19/h1-8,11-12,15,17,19-20,24,26H,9-10,13-14,16H2,(H2,36,37,38)/t19-,20+,24+,28+/m1/s1. The predicted octanol–water partition coefficient (Wildman–Crippen LogP) is 6.90. The quantitative estimate of drug-likeness (QED) is 0.195. The van der Waals surface area contributed by atoms with E-state index >= 15 is 0 Å². The highest BCUT2D eigenvalue weighted by atomic mass is 127. The number of urea groups is 1. The van der Waals surface area contributed by atoms with Crippen LogP contribution in [0.3, 0.4) is 0 Å². The first-order valence-electron chi connectivity index (χ1n) is 12.8. The number of rotatable bonds is 9. The average molecular weight is 653 g/mol. The van der Waals surface area contributed by atoms with Gasteiger partial charge < -0.3 is 15.4 Å². The number of carbonyl (C=O) groups is 1. The Bertz CT molecular complexity index is 1300. The highest BCUT2D eigenvalue weighted by Gasteiger charge is 2.45. The lowest BCUT2D eigenvalue weighted by molar-refractivity contribution is -0.253. The number of carbonyl (C=O) groups excluding carboxylic acids is 1. The van der Waals surface area contributed by atoms with Gasteiger partial charge in [0, 0.05) is 22.2 Å². The summed E-state index contributed by atoms with van der Waals surface area (Å²) in [6.45, 7) is 0. The van der Waals surface area contributed by atoms with Gasteiger partial charge in [-0.15, -0.1) is 0 Å². The molecule has 3 aromatic rings. The molecule has 0 spiro atoms. The van der Waals surface area contributed by atoms with Gasteiger partial charge in [0.2, 0.25) is 0 Å². The lowest BCUT2D eigenvalue weighted by atomic mass is 9.80. The molecule has 2 aromatic carbocycles. The van der Waals surface area contributed by atoms with Crippen LogP contribution in [0.25, 0.3) is 0 Å². The Morgan fingerprint density at radius 2 is 1.85 bits per heavy atom. The molecule has 2 N–H and O–H groups in total. The molecule has 39 heavy (non-hydrogen) atoms. The Balaban J connectivity index is 1.57. The van der Waals surface area contributed by atoms with E-state index in [1.165, 1.54) is 24.6 Å². The summed E-state index contributed by atoms with van der Waals surface area (Å²) >= 11 is 2.12. The van der Waals surface area contributed by atoms with Crippen LogP contribution in [0.1, 0.15) is 42.5 Å². The Hall–Kier alpha value is -2.89. The highest BCUT2D eigenvalue weighted by molar-refractivity contribution is 14.1. The monoisotopic (exact) mass is 653 g/mol. The van der Waals surface area contributed by atoms with Crippen LogP contribution in [0.2, 0.25) is 0 Å². The van der Waals surface area contributed by atoms with Gasteiger partial charge in [0.15, 0.2) is 0 Å². The Morgan fingerprint density at radius 1 is 1.05 bits per heavy atom. The van der Waals surface area contributed by atoms with Crippen LogP contribution in [-0.2, 0) is 12.0 Å². The Labute approximate surface area is 237 Å². The number of benzene rings is 2. The van der Waals surface area contributed by atoms with E-state index in [0.29, 0.717) is 23.1 Å². The van der Waals surface area contributed by atoms with Crippen molar-refractivity contribution in [1.82, 2.24) is 15.6 Å². The molecule has 0 saturated heterocycles. The van der Waals surface area contributed by atoms with Crippen LogP contribution in [-0.4, -0.2) is 29.6 Å². The second-order valence-electron chi connectivity index (χ2n) is 10.3. The zero-order valence-electron chi connectivity index (χ0n) is 20.9. The van der Waals surface area contributed by atoms with E-state index in [4.69, 9.17) is 0 Å². The molecule has 0 radical (unpaired) electrons. The molecule has 2 aliphatic carbocycles. The number of aromatic nitrogens is 1. The molecule has 4 atom stereocenters. The molecule has 206 valence electrons. The van der Waals surface area contributed by atoms with Crippen LogP contribution >= 0.6 is 22.6 Å². The first kappa shape index (κ1) is 27.7. The summed E-state index contributed by atoms with van der Waals surface area (Å²) in [5.74, 6) is 0.614. The van der Waals surface area contributed by atoms with Crippen molar-refractivity contribution in [2.24, 2.45) is 11.8 Å². The lowest BCUT2D eigenvalue weighted by Crippen LogP contribution is -2.55. The lowest BCUT2D eigenvalue weighted by Gasteiger charge is -2.36. The third-order valence-corrected chi connectivity index (χ3v) is 8.33. The van der Waals surface area contributed by atoms with Crippen LogP contribution in [0.4, 0.5) is 22.4 Å². The molecule has 2 saturated carbocycles. The SMILES string of the molecule is O=C(N[C@H]1C[C@@H]2CC[C@H]1C2)N[C@@](Cc1ccccc1)(c1cccc(OC(F)(F)C(F)F)c1)c1ccc(I)cn1. The third-order valence-electron chi connectivity index (χ3n) is 7.69. The van der Waals surface area contributed by atoms with Crippen LogP contribution in [0.5, 0.6) is 5.75 Å². The second kappa shape index (κ2) is 11.3. The molecule has 5 rings (SSSR count). The van der Waals surface area contributed by atoms with E-state index < -0.39 is 29.9 Å². The average Bonchev–Trinajstić information content (AvgIpc) is 3.52. The minimum absolute atomic E-state index is 0.0576. The maximum absolute atomic E-state index is 13.8. The summed E-state index contributed by atoms with van der Waals surface area (Å²) in [4.78, 5) is 18.2. The van der Waals surface area contributed by atoms with Crippen molar-refractivity contribution < 1.29 is 27.1 Å². The summed E-state index contributed by atoms with van der Waals surface area (Å²) in [5, 5.41) is 6.26. The summed E-state index contributed by atoms with van der Waals surface area (Å²) in [6, 6.07) is 18.2.